The molecule has 1 heterocycles. The lowest BCUT2D eigenvalue weighted by molar-refractivity contribution is -0.120. The van der Waals surface area contributed by atoms with Crippen LogP contribution in [-0.4, -0.2) is 19.0 Å². The van der Waals surface area contributed by atoms with E-state index in [0.29, 0.717) is 13.0 Å². The molecule has 0 bridgehead atoms. The van der Waals surface area contributed by atoms with E-state index < -0.39 is 0 Å². The number of carbonyl (C=O) groups excluding carboxylic acids is 1. The van der Waals surface area contributed by atoms with Crippen molar-refractivity contribution in [1.82, 2.24) is 10.6 Å². The highest BCUT2D eigenvalue weighted by molar-refractivity contribution is 5.78. The highest BCUT2D eigenvalue weighted by Gasteiger charge is 2.17. The Balaban J connectivity index is 1.50. The summed E-state index contributed by atoms with van der Waals surface area (Å²) in [5.74, 6) is 0.404. The first-order valence-corrected chi connectivity index (χ1v) is 8.55. The summed E-state index contributed by atoms with van der Waals surface area (Å²) in [6, 6.07) is 19.7. The fraction of sp³-hybridized carbons (Fsp3) is 0.190. The van der Waals surface area contributed by atoms with Gasteiger partial charge >= 0.3 is 0 Å². The Hall–Kier alpha value is -2.92. The zero-order chi connectivity index (χ0) is 18.2. The van der Waals surface area contributed by atoms with Gasteiger partial charge in [-0.2, -0.15) is 0 Å². The van der Waals surface area contributed by atoms with Crippen LogP contribution in [0.3, 0.4) is 0 Å². The van der Waals surface area contributed by atoms with Crippen molar-refractivity contribution in [2.24, 2.45) is 0 Å². The summed E-state index contributed by atoms with van der Waals surface area (Å²) in [6.45, 7) is 0.673. The molecule has 3 rings (SSSR count). The largest absolute Gasteiger partial charge is 0.467 e. The molecule has 26 heavy (non-hydrogen) atoms. The van der Waals surface area contributed by atoms with E-state index in [1.54, 1.807) is 18.4 Å². The van der Waals surface area contributed by atoms with E-state index >= 15 is 0 Å². The number of nitrogens with one attached hydrogen (secondary N) is 2. The van der Waals surface area contributed by atoms with Gasteiger partial charge in [-0.25, -0.2) is 4.39 Å². The van der Waals surface area contributed by atoms with Crippen LogP contribution >= 0.6 is 0 Å². The summed E-state index contributed by atoms with van der Waals surface area (Å²) in [7, 11) is 0. The zero-order valence-corrected chi connectivity index (χ0v) is 14.3. The van der Waals surface area contributed by atoms with Crippen LogP contribution in [-0.2, 0) is 11.2 Å². The van der Waals surface area contributed by atoms with Gasteiger partial charge < -0.3 is 9.73 Å². The lowest BCUT2D eigenvalue weighted by Gasteiger charge is -2.17. The average Bonchev–Trinajstić information content (AvgIpc) is 3.19. The summed E-state index contributed by atoms with van der Waals surface area (Å²) in [6.07, 6.45) is 2.28. The molecule has 1 amide bonds. The topological polar surface area (TPSA) is 54.3 Å². The fourth-order valence-corrected chi connectivity index (χ4v) is 2.74. The van der Waals surface area contributed by atoms with E-state index in [2.05, 4.69) is 10.6 Å². The third-order valence-corrected chi connectivity index (χ3v) is 4.08. The van der Waals surface area contributed by atoms with Crippen LogP contribution in [0.5, 0.6) is 0 Å². The molecular weight excluding hydrogens is 331 g/mol. The Labute approximate surface area is 152 Å². The second kappa shape index (κ2) is 8.97. The average molecular weight is 352 g/mol. The maximum absolute atomic E-state index is 12.9. The van der Waals surface area contributed by atoms with E-state index in [0.717, 1.165) is 16.9 Å². The van der Waals surface area contributed by atoms with Crippen molar-refractivity contribution in [3.05, 3.63) is 95.7 Å². The molecule has 0 fully saturated rings. The van der Waals surface area contributed by atoms with E-state index in [-0.39, 0.29) is 24.3 Å². The third kappa shape index (κ3) is 5.04. The molecule has 0 radical (unpaired) electrons. The van der Waals surface area contributed by atoms with Gasteiger partial charge in [0.1, 0.15) is 11.6 Å². The van der Waals surface area contributed by atoms with Crippen molar-refractivity contribution < 1.29 is 13.6 Å². The number of hydrogen-bond donors (Lipinski definition) is 2. The van der Waals surface area contributed by atoms with Crippen LogP contribution in [0.2, 0.25) is 0 Å². The van der Waals surface area contributed by atoms with Crippen LogP contribution in [0.4, 0.5) is 4.39 Å². The SMILES string of the molecule is O=C(CN[C@@H](c1ccccc1)c1ccco1)NCCc1ccc(F)cc1. The maximum atomic E-state index is 12.9. The Morgan fingerprint density at radius 1 is 1.00 bits per heavy atom. The minimum atomic E-state index is -0.258. The molecule has 0 saturated heterocycles. The number of rotatable bonds is 8. The van der Waals surface area contributed by atoms with Gasteiger partial charge in [0, 0.05) is 6.54 Å². The van der Waals surface area contributed by atoms with Crippen molar-refractivity contribution in [2.45, 2.75) is 12.5 Å². The first kappa shape index (κ1) is 17.9. The lowest BCUT2D eigenvalue weighted by Crippen LogP contribution is -2.36. The quantitative estimate of drug-likeness (QED) is 0.653. The fourth-order valence-electron chi connectivity index (χ4n) is 2.74. The van der Waals surface area contributed by atoms with Gasteiger partial charge in [0.2, 0.25) is 5.91 Å². The molecule has 2 aromatic carbocycles. The minimum absolute atomic E-state index is 0.0976. The second-order valence-electron chi connectivity index (χ2n) is 5.97. The van der Waals surface area contributed by atoms with Crippen molar-refractivity contribution in [3.63, 3.8) is 0 Å². The monoisotopic (exact) mass is 352 g/mol. The maximum Gasteiger partial charge on any atom is 0.233 e. The van der Waals surface area contributed by atoms with Crippen LogP contribution in [0.15, 0.2) is 77.4 Å². The lowest BCUT2D eigenvalue weighted by atomic mass is 10.0. The molecule has 0 aliphatic heterocycles. The summed E-state index contributed by atoms with van der Waals surface area (Å²) in [5.41, 5.74) is 2.01. The molecule has 0 saturated carbocycles. The van der Waals surface area contributed by atoms with E-state index in [4.69, 9.17) is 4.42 Å². The zero-order valence-electron chi connectivity index (χ0n) is 14.3. The number of carbonyl (C=O) groups is 1. The van der Waals surface area contributed by atoms with Crippen LogP contribution < -0.4 is 10.6 Å². The van der Waals surface area contributed by atoms with E-state index in [1.807, 2.05) is 42.5 Å². The molecular formula is C21H21FN2O2. The molecule has 3 aromatic rings. The Bertz CT molecular complexity index is 802. The molecule has 5 heteroatoms. The Kier molecular flexibility index (Phi) is 6.17. The molecule has 0 unspecified atom stereocenters. The Morgan fingerprint density at radius 2 is 1.77 bits per heavy atom. The van der Waals surface area contributed by atoms with E-state index in [1.165, 1.54) is 12.1 Å². The third-order valence-electron chi connectivity index (χ3n) is 4.08. The smallest absolute Gasteiger partial charge is 0.233 e. The summed E-state index contributed by atoms with van der Waals surface area (Å²) in [4.78, 5) is 12.1. The highest BCUT2D eigenvalue weighted by Crippen LogP contribution is 2.21. The van der Waals surface area contributed by atoms with Gasteiger partial charge in [0.05, 0.1) is 18.8 Å². The molecule has 134 valence electrons. The number of halogens is 1. The summed E-state index contributed by atoms with van der Waals surface area (Å²) < 4.78 is 18.4. The Morgan fingerprint density at radius 3 is 2.46 bits per heavy atom. The standard InChI is InChI=1S/C21H21FN2O2/c22-18-10-8-16(9-11-18)12-13-23-20(25)15-24-21(19-7-4-14-26-19)17-5-2-1-3-6-17/h1-11,14,21,24H,12-13,15H2,(H,23,25)/t21-/m0/s1. The summed E-state index contributed by atoms with van der Waals surface area (Å²) >= 11 is 0. The number of hydrogen-bond acceptors (Lipinski definition) is 3. The van der Waals surface area contributed by atoms with Crippen molar-refractivity contribution in [1.29, 1.82) is 0 Å². The molecule has 1 atom stereocenters. The molecule has 4 nitrogen and oxygen atoms in total. The predicted molar refractivity (Wildman–Crippen MR) is 98.1 cm³/mol. The van der Waals surface area contributed by atoms with Crippen molar-refractivity contribution in [2.75, 3.05) is 13.1 Å². The van der Waals surface area contributed by atoms with Gasteiger partial charge in [-0.15, -0.1) is 0 Å². The minimum Gasteiger partial charge on any atom is -0.467 e. The molecule has 0 aliphatic rings. The van der Waals surface area contributed by atoms with Crippen LogP contribution in [0, 0.1) is 5.82 Å². The number of benzene rings is 2. The van der Waals surface area contributed by atoms with Crippen molar-refractivity contribution >= 4 is 5.91 Å². The van der Waals surface area contributed by atoms with Crippen LogP contribution in [0.25, 0.3) is 0 Å². The van der Waals surface area contributed by atoms with Gasteiger partial charge in [-0.1, -0.05) is 42.5 Å². The number of amides is 1. The molecule has 0 aliphatic carbocycles. The van der Waals surface area contributed by atoms with Crippen molar-refractivity contribution in [3.8, 4) is 0 Å². The van der Waals surface area contributed by atoms with E-state index in [9.17, 15) is 9.18 Å². The van der Waals surface area contributed by atoms with Gasteiger partial charge in [0.15, 0.2) is 0 Å². The van der Waals surface area contributed by atoms with Crippen LogP contribution in [0.1, 0.15) is 22.9 Å². The number of furan rings is 1. The first-order chi connectivity index (χ1) is 12.7. The second-order valence-corrected chi connectivity index (χ2v) is 5.97. The normalized spacial score (nSPS) is 11.9. The summed E-state index contributed by atoms with van der Waals surface area (Å²) in [5, 5.41) is 6.11. The molecule has 1 aromatic heterocycles. The molecule has 0 spiro atoms. The first-order valence-electron chi connectivity index (χ1n) is 8.55. The van der Waals surface area contributed by atoms with Gasteiger partial charge in [-0.05, 0) is 41.8 Å². The molecule has 2 N–H and O–H groups in total. The predicted octanol–water partition coefficient (Wildman–Crippen LogP) is 3.46. The van der Waals surface area contributed by atoms with Gasteiger partial charge in [-0.3, -0.25) is 10.1 Å². The highest BCUT2D eigenvalue weighted by atomic mass is 19.1. The van der Waals surface area contributed by atoms with Gasteiger partial charge in [0.25, 0.3) is 0 Å².